The number of hydrogen-bond acceptors (Lipinski definition) is 4. The van der Waals surface area contributed by atoms with Crippen LogP contribution in [0.4, 0.5) is 0 Å². The third-order valence-electron chi connectivity index (χ3n) is 3.76. The largest absolute Gasteiger partial charge is 0.493 e. The van der Waals surface area contributed by atoms with Crippen LogP contribution in [-0.4, -0.2) is 48.7 Å². The minimum Gasteiger partial charge on any atom is -0.493 e. The summed E-state index contributed by atoms with van der Waals surface area (Å²) in [6.07, 6.45) is 0.461. The predicted octanol–water partition coefficient (Wildman–Crippen LogP) is 1.40. The Bertz CT molecular complexity index is 545. The molecule has 1 atom stereocenters. The standard InChI is InChI=1S/C15H19NO5/c1-15(14(18)19)7-8-16(10-15)13(17)9-21-12-6-4-3-5-11(12)20-2/h3-6H,7-10H2,1-2H3,(H,18,19). The molecule has 6 heteroatoms. The Kier molecular flexibility index (Phi) is 4.35. The van der Waals surface area contributed by atoms with E-state index >= 15 is 0 Å². The number of hydrogen-bond donors (Lipinski definition) is 1. The van der Waals surface area contributed by atoms with Gasteiger partial charge in [-0.25, -0.2) is 0 Å². The number of carboxylic acids is 1. The van der Waals surface area contributed by atoms with E-state index in [4.69, 9.17) is 14.6 Å². The maximum absolute atomic E-state index is 12.1. The van der Waals surface area contributed by atoms with E-state index in [1.165, 1.54) is 12.0 Å². The van der Waals surface area contributed by atoms with Crippen LogP contribution in [-0.2, 0) is 9.59 Å². The normalized spacial score (nSPS) is 21.1. The van der Waals surface area contributed by atoms with Gasteiger partial charge in [-0.15, -0.1) is 0 Å². The summed E-state index contributed by atoms with van der Waals surface area (Å²) in [5.74, 6) is -0.0371. The number of amides is 1. The lowest BCUT2D eigenvalue weighted by molar-refractivity contribution is -0.147. The van der Waals surface area contributed by atoms with Gasteiger partial charge < -0.3 is 19.5 Å². The van der Waals surface area contributed by atoms with Crippen LogP contribution in [0, 0.1) is 5.41 Å². The number of benzene rings is 1. The van der Waals surface area contributed by atoms with Crippen molar-refractivity contribution in [2.24, 2.45) is 5.41 Å². The van der Waals surface area contributed by atoms with Gasteiger partial charge in [-0.1, -0.05) is 12.1 Å². The third-order valence-corrected chi connectivity index (χ3v) is 3.76. The molecular weight excluding hydrogens is 274 g/mol. The molecule has 2 rings (SSSR count). The second-order valence-corrected chi connectivity index (χ2v) is 5.37. The van der Waals surface area contributed by atoms with E-state index in [1.807, 2.05) is 6.07 Å². The minimum absolute atomic E-state index is 0.129. The van der Waals surface area contributed by atoms with E-state index < -0.39 is 11.4 Å². The van der Waals surface area contributed by atoms with E-state index in [0.29, 0.717) is 24.5 Å². The SMILES string of the molecule is COc1ccccc1OCC(=O)N1CCC(C)(C(=O)O)C1. The van der Waals surface area contributed by atoms with E-state index in [9.17, 15) is 9.59 Å². The first-order valence-corrected chi connectivity index (χ1v) is 6.73. The Balaban J connectivity index is 1.93. The highest BCUT2D eigenvalue weighted by molar-refractivity contribution is 5.81. The van der Waals surface area contributed by atoms with Gasteiger partial charge in [0.1, 0.15) is 0 Å². The Morgan fingerprint density at radius 1 is 1.33 bits per heavy atom. The highest BCUT2D eigenvalue weighted by atomic mass is 16.5. The van der Waals surface area contributed by atoms with E-state index in [-0.39, 0.29) is 19.1 Å². The van der Waals surface area contributed by atoms with Crippen molar-refractivity contribution in [3.05, 3.63) is 24.3 Å². The molecule has 0 aromatic heterocycles. The molecule has 1 saturated heterocycles. The van der Waals surface area contributed by atoms with Crippen LogP contribution >= 0.6 is 0 Å². The first-order valence-electron chi connectivity index (χ1n) is 6.73. The highest BCUT2D eigenvalue weighted by Crippen LogP contribution is 2.30. The number of carboxylic acid groups (broad SMARTS) is 1. The van der Waals surface area contributed by atoms with Crippen molar-refractivity contribution in [3.8, 4) is 11.5 Å². The Morgan fingerprint density at radius 2 is 2.00 bits per heavy atom. The Hall–Kier alpha value is -2.24. The first kappa shape index (κ1) is 15.2. The molecule has 1 aliphatic heterocycles. The van der Waals surface area contributed by atoms with Crippen molar-refractivity contribution in [1.29, 1.82) is 0 Å². The summed E-state index contributed by atoms with van der Waals surface area (Å²) in [4.78, 5) is 24.8. The van der Waals surface area contributed by atoms with Gasteiger partial charge in [0.25, 0.3) is 5.91 Å². The number of carbonyl (C=O) groups is 2. The van der Waals surface area contributed by atoms with Crippen LogP contribution in [0.25, 0.3) is 0 Å². The van der Waals surface area contributed by atoms with E-state index in [1.54, 1.807) is 25.1 Å². The Morgan fingerprint density at radius 3 is 2.57 bits per heavy atom. The molecule has 1 N–H and O–H groups in total. The van der Waals surface area contributed by atoms with Crippen molar-refractivity contribution in [2.75, 3.05) is 26.8 Å². The van der Waals surface area contributed by atoms with Gasteiger partial charge in [0, 0.05) is 13.1 Å². The van der Waals surface area contributed by atoms with Gasteiger partial charge in [0.05, 0.1) is 12.5 Å². The molecule has 6 nitrogen and oxygen atoms in total. The van der Waals surface area contributed by atoms with E-state index in [0.717, 1.165) is 0 Å². The topological polar surface area (TPSA) is 76.1 Å². The summed E-state index contributed by atoms with van der Waals surface area (Å²) in [5.41, 5.74) is -0.861. The van der Waals surface area contributed by atoms with Gasteiger partial charge in [0.2, 0.25) is 0 Å². The van der Waals surface area contributed by atoms with Crippen LogP contribution in [0.15, 0.2) is 24.3 Å². The molecule has 1 fully saturated rings. The molecule has 1 unspecified atom stereocenters. The van der Waals surface area contributed by atoms with Crippen LogP contribution in [0.2, 0.25) is 0 Å². The van der Waals surface area contributed by atoms with Gasteiger partial charge in [-0.2, -0.15) is 0 Å². The summed E-state index contributed by atoms with van der Waals surface area (Å²) >= 11 is 0. The fourth-order valence-electron chi connectivity index (χ4n) is 2.32. The first-order chi connectivity index (χ1) is 9.96. The van der Waals surface area contributed by atoms with Crippen molar-refractivity contribution >= 4 is 11.9 Å². The summed E-state index contributed by atoms with van der Waals surface area (Å²) in [7, 11) is 1.53. The van der Waals surface area contributed by atoms with Crippen LogP contribution in [0.1, 0.15) is 13.3 Å². The highest BCUT2D eigenvalue weighted by Gasteiger charge is 2.42. The fraction of sp³-hybridized carbons (Fsp3) is 0.467. The number of likely N-dealkylation sites (tertiary alicyclic amines) is 1. The molecule has 1 amide bonds. The Labute approximate surface area is 123 Å². The molecule has 1 heterocycles. The number of carbonyl (C=O) groups excluding carboxylic acids is 1. The zero-order chi connectivity index (χ0) is 15.5. The van der Waals surface area contributed by atoms with E-state index in [2.05, 4.69) is 0 Å². The molecule has 0 aliphatic carbocycles. The lowest BCUT2D eigenvalue weighted by atomic mass is 9.90. The summed E-state index contributed by atoms with van der Waals surface area (Å²) in [5, 5.41) is 9.16. The minimum atomic E-state index is -0.872. The predicted molar refractivity (Wildman–Crippen MR) is 75.4 cm³/mol. The maximum Gasteiger partial charge on any atom is 0.311 e. The van der Waals surface area contributed by atoms with Crippen LogP contribution in [0.5, 0.6) is 11.5 Å². The number of ether oxygens (including phenoxy) is 2. The number of rotatable bonds is 5. The fourth-order valence-corrected chi connectivity index (χ4v) is 2.32. The molecule has 0 saturated carbocycles. The average Bonchev–Trinajstić information content (AvgIpc) is 2.89. The third kappa shape index (κ3) is 3.26. The van der Waals surface area contributed by atoms with Crippen molar-refractivity contribution in [3.63, 3.8) is 0 Å². The zero-order valence-electron chi connectivity index (χ0n) is 12.2. The van der Waals surface area contributed by atoms with Gasteiger partial charge >= 0.3 is 5.97 Å². The van der Waals surface area contributed by atoms with Crippen molar-refractivity contribution in [2.45, 2.75) is 13.3 Å². The molecule has 114 valence electrons. The van der Waals surface area contributed by atoms with Gasteiger partial charge in [-0.3, -0.25) is 9.59 Å². The number of nitrogens with zero attached hydrogens (tertiary/aromatic N) is 1. The zero-order valence-corrected chi connectivity index (χ0v) is 12.2. The number of aliphatic carboxylic acids is 1. The summed E-state index contributed by atoms with van der Waals surface area (Å²) < 4.78 is 10.6. The molecule has 21 heavy (non-hydrogen) atoms. The second-order valence-electron chi connectivity index (χ2n) is 5.37. The summed E-state index contributed by atoms with van der Waals surface area (Å²) in [6.45, 7) is 2.19. The van der Waals surface area contributed by atoms with Gasteiger partial charge in [-0.05, 0) is 25.5 Å². The monoisotopic (exact) mass is 293 g/mol. The lowest BCUT2D eigenvalue weighted by Crippen LogP contribution is -2.37. The second kappa shape index (κ2) is 6.03. The summed E-state index contributed by atoms with van der Waals surface area (Å²) in [6, 6.07) is 7.07. The lowest BCUT2D eigenvalue weighted by Gasteiger charge is -2.20. The van der Waals surface area contributed by atoms with Crippen molar-refractivity contribution in [1.82, 2.24) is 4.90 Å². The molecule has 0 radical (unpaired) electrons. The van der Waals surface area contributed by atoms with Gasteiger partial charge in [0.15, 0.2) is 18.1 Å². The number of para-hydroxylation sites is 2. The van der Waals surface area contributed by atoms with Crippen LogP contribution in [0.3, 0.4) is 0 Å². The quantitative estimate of drug-likeness (QED) is 0.888. The van der Waals surface area contributed by atoms with Crippen LogP contribution < -0.4 is 9.47 Å². The maximum atomic E-state index is 12.1. The molecule has 1 aromatic rings. The molecule has 1 aromatic carbocycles. The number of methoxy groups -OCH3 is 1. The molecule has 1 aliphatic rings. The van der Waals surface area contributed by atoms with Crippen molar-refractivity contribution < 1.29 is 24.2 Å². The molecule has 0 spiro atoms. The molecular formula is C15H19NO5. The average molecular weight is 293 g/mol. The molecule has 0 bridgehead atoms. The smallest absolute Gasteiger partial charge is 0.311 e.